The molecule has 1 aliphatic carbocycles. The first-order valence-electron chi connectivity index (χ1n) is 13.4. The van der Waals surface area contributed by atoms with Crippen LogP contribution in [0.4, 0.5) is 4.79 Å². The topological polar surface area (TPSA) is 69.3 Å². The minimum absolute atomic E-state index is 0.393. The summed E-state index contributed by atoms with van der Waals surface area (Å²) in [5.41, 5.74) is 3.10. The van der Waals surface area contributed by atoms with Crippen molar-refractivity contribution in [3.8, 4) is 0 Å². The van der Waals surface area contributed by atoms with E-state index in [1.165, 1.54) is 5.56 Å². The van der Waals surface area contributed by atoms with Crippen LogP contribution in [0.15, 0.2) is 54.6 Å². The number of likely N-dealkylation sites (tertiary alicyclic amines) is 1. The zero-order valence-corrected chi connectivity index (χ0v) is 22.7. The Bertz CT molecular complexity index is 976. The number of nitrogens with zero attached hydrogens (tertiary/aromatic N) is 1. The fourth-order valence-electron chi connectivity index (χ4n) is 5.06. The summed E-state index contributed by atoms with van der Waals surface area (Å²) in [5.74, 6) is 1.33. The molecule has 4 atom stereocenters. The molecule has 2 aromatic carbocycles. The summed E-state index contributed by atoms with van der Waals surface area (Å²) in [6, 6.07) is 19.5. The first kappa shape index (κ1) is 27.6. The average molecular weight is 511 g/mol. The van der Waals surface area contributed by atoms with Crippen LogP contribution in [0, 0.1) is 11.8 Å². The third-order valence-corrected chi connectivity index (χ3v) is 6.97. The van der Waals surface area contributed by atoms with Crippen molar-refractivity contribution in [1.29, 1.82) is 0 Å². The highest BCUT2D eigenvalue weighted by atomic mass is 16.6. The number of hydrogen-bond donors (Lipinski definition) is 1. The third kappa shape index (κ3) is 8.54. The maximum Gasteiger partial charge on any atom is 0.407 e. The van der Waals surface area contributed by atoms with E-state index in [1.807, 2.05) is 32.9 Å². The van der Waals surface area contributed by atoms with Gasteiger partial charge in [0.25, 0.3) is 0 Å². The average Bonchev–Trinajstić information content (AvgIpc) is 3.44. The van der Waals surface area contributed by atoms with Gasteiger partial charge in [-0.3, -0.25) is 4.90 Å². The number of amides is 1. The van der Waals surface area contributed by atoms with E-state index >= 15 is 0 Å². The number of benzene rings is 2. The lowest BCUT2D eigenvalue weighted by molar-refractivity contribution is 0.0131. The van der Waals surface area contributed by atoms with Crippen LogP contribution in [0.25, 0.3) is 0 Å². The van der Waals surface area contributed by atoms with E-state index in [4.69, 9.17) is 18.9 Å². The molecule has 3 unspecified atom stereocenters. The summed E-state index contributed by atoms with van der Waals surface area (Å²) >= 11 is 0. The van der Waals surface area contributed by atoms with Gasteiger partial charge in [0.1, 0.15) is 5.60 Å². The molecule has 1 heterocycles. The minimum Gasteiger partial charge on any atom is -0.444 e. The largest absolute Gasteiger partial charge is 0.444 e. The number of fused-ring (bicyclic) bond motifs is 1. The molecule has 1 N–H and O–H groups in total. The highest BCUT2D eigenvalue weighted by Crippen LogP contribution is 2.51. The van der Waals surface area contributed by atoms with Crippen LogP contribution in [0.5, 0.6) is 0 Å². The van der Waals surface area contributed by atoms with Gasteiger partial charge >= 0.3 is 6.09 Å². The predicted octanol–water partition coefficient (Wildman–Crippen LogP) is 4.78. The maximum atomic E-state index is 11.6. The van der Waals surface area contributed by atoms with Crippen molar-refractivity contribution in [2.75, 3.05) is 32.9 Å². The molecule has 2 aromatic rings. The Balaban J connectivity index is 1.02. The number of carbonyl (C=O) groups is 1. The minimum atomic E-state index is -0.496. The zero-order valence-electron chi connectivity index (χ0n) is 22.7. The number of rotatable bonds is 13. The number of ether oxygens (including phenoxy) is 4. The lowest BCUT2D eigenvalue weighted by Crippen LogP contribution is -2.34. The molecular formula is C30H42N2O5. The summed E-state index contributed by atoms with van der Waals surface area (Å²) in [4.78, 5) is 14.2. The van der Waals surface area contributed by atoms with Crippen molar-refractivity contribution in [3.63, 3.8) is 0 Å². The summed E-state index contributed by atoms with van der Waals surface area (Å²) in [7, 11) is 0. The van der Waals surface area contributed by atoms with E-state index in [1.54, 1.807) is 0 Å². The van der Waals surface area contributed by atoms with Crippen LogP contribution in [0.3, 0.4) is 0 Å². The Morgan fingerprint density at radius 2 is 1.57 bits per heavy atom. The summed E-state index contributed by atoms with van der Waals surface area (Å²) in [5, 5.41) is 2.69. The van der Waals surface area contributed by atoms with E-state index in [0.717, 1.165) is 24.2 Å². The summed E-state index contributed by atoms with van der Waals surface area (Å²) in [6.45, 7) is 13.2. The SMILES string of the molecule is CC1C2C(CN1Cc1ccccc1)[C@H]2OCCOCc1ccc(COCCNC(=O)OC(C)(C)C)cc1. The molecule has 2 fully saturated rings. The van der Waals surface area contributed by atoms with Crippen LogP contribution >= 0.6 is 0 Å². The number of hydrogen-bond acceptors (Lipinski definition) is 6. The molecular weight excluding hydrogens is 468 g/mol. The quantitative estimate of drug-likeness (QED) is 0.391. The van der Waals surface area contributed by atoms with Gasteiger partial charge < -0.3 is 24.3 Å². The lowest BCUT2D eigenvalue weighted by Gasteiger charge is -2.26. The molecule has 1 saturated carbocycles. The number of nitrogens with one attached hydrogen (secondary N) is 1. The van der Waals surface area contributed by atoms with Crippen molar-refractivity contribution >= 4 is 6.09 Å². The lowest BCUT2D eigenvalue weighted by atomic mass is 10.1. The zero-order chi connectivity index (χ0) is 26.3. The molecule has 7 heteroatoms. The fraction of sp³-hybridized carbons (Fsp3) is 0.567. The Kier molecular flexibility index (Phi) is 9.60. The van der Waals surface area contributed by atoms with Gasteiger partial charge in [0.05, 0.1) is 39.1 Å². The molecule has 0 radical (unpaired) electrons. The van der Waals surface area contributed by atoms with Crippen molar-refractivity contribution < 1.29 is 23.7 Å². The van der Waals surface area contributed by atoms with Crippen LogP contribution < -0.4 is 5.32 Å². The third-order valence-electron chi connectivity index (χ3n) is 6.97. The standard InChI is InChI=1S/C30H42N2O5/c1-22-27-26(19-32(22)18-23-8-6-5-7-9-23)28(27)36-17-16-35-21-25-12-10-24(11-13-25)20-34-15-14-31-29(33)37-30(2,3)4/h5-13,22,26-28H,14-21H2,1-4H3,(H,31,33)/t22?,26?,27?,28-/m1/s1. The van der Waals surface area contributed by atoms with Crippen LogP contribution in [-0.4, -0.2) is 61.7 Å². The van der Waals surface area contributed by atoms with E-state index in [0.29, 0.717) is 63.6 Å². The number of piperidine rings is 1. The fourth-order valence-corrected chi connectivity index (χ4v) is 5.06. The molecule has 37 heavy (non-hydrogen) atoms. The molecule has 1 aliphatic heterocycles. The van der Waals surface area contributed by atoms with E-state index in [2.05, 4.69) is 59.6 Å². The van der Waals surface area contributed by atoms with Crippen LogP contribution in [0.1, 0.15) is 44.4 Å². The predicted molar refractivity (Wildman–Crippen MR) is 143 cm³/mol. The number of carbonyl (C=O) groups excluding carboxylic acids is 1. The van der Waals surface area contributed by atoms with Gasteiger partial charge in [-0.15, -0.1) is 0 Å². The molecule has 1 saturated heterocycles. The van der Waals surface area contributed by atoms with Crippen molar-refractivity contribution in [2.45, 2.75) is 65.2 Å². The normalized spacial score (nSPS) is 23.0. The van der Waals surface area contributed by atoms with Gasteiger partial charge in [-0.05, 0) is 44.4 Å². The first-order valence-corrected chi connectivity index (χ1v) is 13.4. The Labute approximate surface area is 221 Å². The summed E-state index contributed by atoms with van der Waals surface area (Å²) < 4.78 is 22.8. The Hall–Kier alpha value is -2.45. The monoisotopic (exact) mass is 510 g/mol. The van der Waals surface area contributed by atoms with Gasteiger partial charge in [-0.25, -0.2) is 4.79 Å². The van der Waals surface area contributed by atoms with Crippen LogP contribution in [0.2, 0.25) is 0 Å². The van der Waals surface area contributed by atoms with E-state index < -0.39 is 11.7 Å². The molecule has 0 aromatic heterocycles. The number of alkyl carbamates (subject to hydrolysis) is 1. The second-order valence-electron chi connectivity index (χ2n) is 11.1. The van der Waals surface area contributed by atoms with Gasteiger partial charge in [0.15, 0.2) is 0 Å². The Morgan fingerprint density at radius 3 is 2.16 bits per heavy atom. The molecule has 1 amide bonds. The van der Waals surface area contributed by atoms with Gasteiger partial charge in [0.2, 0.25) is 0 Å². The van der Waals surface area contributed by atoms with Gasteiger partial charge in [-0.2, -0.15) is 0 Å². The van der Waals surface area contributed by atoms with Crippen molar-refractivity contribution in [2.24, 2.45) is 11.8 Å². The summed E-state index contributed by atoms with van der Waals surface area (Å²) in [6.07, 6.45) is -0.0323. The van der Waals surface area contributed by atoms with Crippen molar-refractivity contribution in [1.82, 2.24) is 10.2 Å². The second-order valence-corrected chi connectivity index (χ2v) is 11.1. The smallest absolute Gasteiger partial charge is 0.407 e. The molecule has 7 nitrogen and oxygen atoms in total. The first-order chi connectivity index (χ1) is 17.8. The van der Waals surface area contributed by atoms with Crippen molar-refractivity contribution in [3.05, 3.63) is 71.3 Å². The Morgan fingerprint density at radius 1 is 0.919 bits per heavy atom. The van der Waals surface area contributed by atoms with E-state index in [-0.39, 0.29) is 0 Å². The molecule has 4 rings (SSSR count). The molecule has 0 bridgehead atoms. The second kappa shape index (κ2) is 12.9. The van der Waals surface area contributed by atoms with E-state index in [9.17, 15) is 4.79 Å². The maximum absolute atomic E-state index is 11.6. The highest BCUT2D eigenvalue weighted by Gasteiger charge is 2.60. The molecule has 2 aliphatic rings. The van der Waals surface area contributed by atoms with Gasteiger partial charge in [0, 0.05) is 37.5 Å². The molecule has 202 valence electrons. The highest BCUT2D eigenvalue weighted by molar-refractivity contribution is 5.67. The van der Waals surface area contributed by atoms with Crippen LogP contribution in [-0.2, 0) is 38.7 Å². The van der Waals surface area contributed by atoms with Gasteiger partial charge in [-0.1, -0.05) is 54.6 Å². The molecule has 0 spiro atoms.